The van der Waals surface area contributed by atoms with E-state index in [1.54, 1.807) is 0 Å². The largest absolute Gasteiger partial charge is 0.292 e. The van der Waals surface area contributed by atoms with Crippen molar-refractivity contribution < 1.29 is 0 Å². The summed E-state index contributed by atoms with van der Waals surface area (Å²) < 4.78 is 2.28. The number of nitrogens with zero attached hydrogens (tertiary/aromatic N) is 2. The molecule has 0 saturated heterocycles. The number of para-hydroxylation sites is 3. The van der Waals surface area contributed by atoms with E-state index in [0.29, 0.717) is 0 Å². The minimum Gasteiger partial charge on any atom is -0.292 e. The summed E-state index contributed by atoms with van der Waals surface area (Å²) in [5.74, 6) is 0.934. The standard InChI is InChI=1S/C59H42N2/c1-58(44-22-9-4-10-23-44)51-35-41(39-18-7-3-8-19-39)30-32-47(51)49-37-54-50(38-53(49)58)48-33-31-42(36-52(48)59(54,2)45-24-11-5-12-25-45)40-20-17-21-43(34-40)57-60-55-28-15-16-29-56(55)61(57)46-26-13-6-14-27-46/h3-38H,1-2H3. The second kappa shape index (κ2) is 13.5. The lowest BCUT2D eigenvalue weighted by molar-refractivity contribution is 0.705. The molecule has 1 aromatic heterocycles. The molecule has 0 fully saturated rings. The van der Waals surface area contributed by atoms with E-state index < -0.39 is 0 Å². The van der Waals surface area contributed by atoms with Crippen LogP contribution in [0.3, 0.4) is 0 Å². The van der Waals surface area contributed by atoms with Crippen molar-refractivity contribution in [1.29, 1.82) is 0 Å². The number of rotatable bonds is 6. The third-order valence-corrected chi connectivity index (χ3v) is 13.8. The van der Waals surface area contributed by atoms with Gasteiger partial charge in [0.2, 0.25) is 0 Å². The fourth-order valence-corrected chi connectivity index (χ4v) is 10.6. The third kappa shape index (κ3) is 5.25. The fraction of sp³-hybridized carbons (Fsp3) is 0.0678. The van der Waals surface area contributed by atoms with Crippen LogP contribution < -0.4 is 0 Å². The van der Waals surface area contributed by atoms with Crippen molar-refractivity contribution in [3.63, 3.8) is 0 Å². The van der Waals surface area contributed by atoms with Crippen molar-refractivity contribution >= 4 is 11.0 Å². The number of hydrogen-bond acceptors (Lipinski definition) is 1. The zero-order chi connectivity index (χ0) is 40.7. The van der Waals surface area contributed by atoms with Gasteiger partial charge in [-0.15, -0.1) is 0 Å². The van der Waals surface area contributed by atoms with Crippen molar-refractivity contribution in [2.75, 3.05) is 0 Å². The minimum absolute atomic E-state index is 0.339. The number of aromatic nitrogens is 2. The molecule has 0 saturated carbocycles. The minimum atomic E-state index is -0.383. The summed E-state index contributed by atoms with van der Waals surface area (Å²) in [6.07, 6.45) is 0. The summed E-state index contributed by atoms with van der Waals surface area (Å²) in [5.41, 5.74) is 21.6. The third-order valence-electron chi connectivity index (χ3n) is 13.8. The zero-order valence-electron chi connectivity index (χ0n) is 34.2. The van der Waals surface area contributed by atoms with Crippen LogP contribution in [-0.4, -0.2) is 9.55 Å². The van der Waals surface area contributed by atoms with Crippen molar-refractivity contribution in [2.24, 2.45) is 0 Å². The first kappa shape index (κ1) is 35.4. The zero-order valence-corrected chi connectivity index (χ0v) is 34.2. The van der Waals surface area contributed by atoms with E-state index in [1.165, 1.54) is 77.9 Å². The SMILES string of the molecule is CC1(c2ccccc2)c2cc(-c3ccccc3)ccc2-c2cc3c(cc21)-c1ccc(-c2cccc(-c4nc5ccccc5n4-c4ccccc4)c2)cc1C3(C)c1ccccc1. The van der Waals surface area contributed by atoms with Gasteiger partial charge in [0.05, 0.1) is 11.0 Å². The van der Waals surface area contributed by atoms with Gasteiger partial charge in [-0.25, -0.2) is 4.98 Å². The number of benzene rings is 9. The van der Waals surface area contributed by atoms with Crippen molar-refractivity contribution in [3.05, 3.63) is 252 Å². The Kier molecular flexibility index (Phi) is 7.83. The highest BCUT2D eigenvalue weighted by Crippen LogP contribution is 2.60. The molecule has 61 heavy (non-hydrogen) atoms. The first-order valence-electron chi connectivity index (χ1n) is 21.3. The molecule has 1 heterocycles. The lowest BCUT2D eigenvalue weighted by atomic mass is 9.71. The van der Waals surface area contributed by atoms with Crippen LogP contribution in [0.5, 0.6) is 0 Å². The van der Waals surface area contributed by atoms with Crippen molar-refractivity contribution in [2.45, 2.75) is 24.7 Å². The summed E-state index contributed by atoms with van der Waals surface area (Å²) in [4.78, 5) is 5.20. The Morgan fingerprint density at radius 2 is 0.787 bits per heavy atom. The van der Waals surface area contributed by atoms with E-state index in [9.17, 15) is 0 Å². The lowest BCUT2D eigenvalue weighted by Gasteiger charge is -2.30. The molecule has 9 aromatic carbocycles. The molecule has 0 bridgehead atoms. The average molecular weight is 779 g/mol. The van der Waals surface area contributed by atoms with Crippen LogP contribution in [-0.2, 0) is 10.8 Å². The van der Waals surface area contributed by atoms with Gasteiger partial charge in [0.25, 0.3) is 0 Å². The van der Waals surface area contributed by atoms with Gasteiger partial charge in [0, 0.05) is 22.1 Å². The molecule has 2 unspecified atom stereocenters. The molecular weight excluding hydrogens is 737 g/mol. The molecule has 2 nitrogen and oxygen atoms in total. The highest BCUT2D eigenvalue weighted by Gasteiger charge is 2.46. The van der Waals surface area contributed by atoms with Gasteiger partial charge in [-0.05, 0) is 146 Å². The second-order valence-electron chi connectivity index (χ2n) is 17.0. The van der Waals surface area contributed by atoms with Gasteiger partial charge >= 0.3 is 0 Å². The number of fused-ring (bicyclic) bond motifs is 7. The smallest absolute Gasteiger partial charge is 0.145 e. The molecule has 10 aromatic rings. The molecule has 2 aliphatic rings. The average Bonchev–Trinajstić information content (AvgIpc) is 3.93. The van der Waals surface area contributed by atoms with Crippen LogP contribution in [0.25, 0.3) is 72.6 Å². The summed E-state index contributed by atoms with van der Waals surface area (Å²) in [6.45, 7) is 4.87. The Hall–Kier alpha value is -7.55. The van der Waals surface area contributed by atoms with Crippen molar-refractivity contribution in [3.8, 4) is 61.6 Å². The Balaban J connectivity index is 1.04. The maximum atomic E-state index is 5.20. The molecule has 0 N–H and O–H groups in total. The molecule has 0 aliphatic heterocycles. The molecule has 0 spiro atoms. The highest BCUT2D eigenvalue weighted by atomic mass is 15.1. The summed E-state index contributed by atoms with van der Waals surface area (Å²) >= 11 is 0. The van der Waals surface area contributed by atoms with Gasteiger partial charge in [-0.2, -0.15) is 0 Å². The Bertz CT molecular complexity index is 3310. The molecule has 2 atom stereocenters. The first-order chi connectivity index (χ1) is 30.0. The first-order valence-corrected chi connectivity index (χ1v) is 21.3. The Morgan fingerprint density at radius 3 is 1.38 bits per heavy atom. The van der Waals surface area contributed by atoms with Crippen LogP contribution in [0.4, 0.5) is 0 Å². The highest BCUT2D eigenvalue weighted by molar-refractivity contribution is 5.94. The van der Waals surface area contributed by atoms with Gasteiger partial charge < -0.3 is 0 Å². The van der Waals surface area contributed by atoms with Crippen LogP contribution in [0.1, 0.15) is 47.2 Å². The predicted molar refractivity (Wildman–Crippen MR) is 252 cm³/mol. The van der Waals surface area contributed by atoms with Gasteiger partial charge in [0.15, 0.2) is 0 Å². The van der Waals surface area contributed by atoms with Crippen LogP contribution >= 0.6 is 0 Å². The molecule has 12 rings (SSSR count). The van der Waals surface area contributed by atoms with Crippen LogP contribution in [0, 0.1) is 0 Å². The second-order valence-corrected chi connectivity index (χ2v) is 17.0. The number of hydrogen-bond donors (Lipinski definition) is 0. The Morgan fingerprint density at radius 1 is 0.344 bits per heavy atom. The van der Waals surface area contributed by atoms with Crippen molar-refractivity contribution in [1.82, 2.24) is 9.55 Å². The van der Waals surface area contributed by atoms with E-state index in [2.05, 4.69) is 237 Å². The van der Waals surface area contributed by atoms with E-state index in [0.717, 1.165) is 28.1 Å². The van der Waals surface area contributed by atoms with Crippen LogP contribution in [0.15, 0.2) is 218 Å². The summed E-state index contributed by atoms with van der Waals surface area (Å²) in [6, 6.07) is 80.3. The molecular formula is C59H42N2. The van der Waals surface area contributed by atoms with E-state index in [-0.39, 0.29) is 10.8 Å². The molecule has 288 valence electrons. The van der Waals surface area contributed by atoms with Crippen LogP contribution in [0.2, 0.25) is 0 Å². The van der Waals surface area contributed by atoms with E-state index >= 15 is 0 Å². The molecule has 0 radical (unpaired) electrons. The summed E-state index contributed by atoms with van der Waals surface area (Å²) in [5, 5.41) is 0. The normalized spacial score (nSPS) is 17.1. The van der Waals surface area contributed by atoms with E-state index in [1.807, 2.05) is 0 Å². The summed E-state index contributed by atoms with van der Waals surface area (Å²) in [7, 11) is 0. The molecule has 2 heteroatoms. The quantitative estimate of drug-likeness (QED) is 0.164. The maximum Gasteiger partial charge on any atom is 0.145 e. The number of imidazole rings is 1. The Labute approximate surface area is 357 Å². The van der Waals surface area contributed by atoms with Gasteiger partial charge in [-0.1, -0.05) is 164 Å². The fourth-order valence-electron chi connectivity index (χ4n) is 10.6. The van der Waals surface area contributed by atoms with Gasteiger partial charge in [0.1, 0.15) is 5.82 Å². The maximum absolute atomic E-state index is 5.20. The monoisotopic (exact) mass is 778 g/mol. The van der Waals surface area contributed by atoms with Gasteiger partial charge in [-0.3, -0.25) is 4.57 Å². The topological polar surface area (TPSA) is 17.8 Å². The predicted octanol–water partition coefficient (Wildman–Crippen LogP) is 14.7. The molecule has 2 aliphatic carbocycles. The lowest BCUT2D eigenvalue weighted by Crippen LogP contribution is -2.24. The molecule has 0 amide bonds. The van der Waals surface area contributed by atoms with E-state index in [4.69, 9.17) is 4.98 Å².